The number of fused-ring (bicyclic) bond motifs is 1. The van der Waals surface area contributed by atoms with Gasteiger partial charge in [-0.3, -0.25) is 4.90 Å². The maximum atomic E-state index is 13.4. The molecule has 1 fully saturated rings. The molecule has 0 aliphatic heterocycles. The molecule has 0 spiro atoms. The number of benzene rings is 2. The van der Waals surface area contributed by atoms with Gasteiger partial charge in [0.15, 0.2) is 0 Å². The number of hydrogen-bond donors (Lipinski definition) is 0. The molecule has 0 saturated heterocycles. The molecule has 1 saturated carbocycles. The minimum absolute atomic E-state index is 0.303. The van der Waals surface area contributed by atoms with Crippen molar-refractivity contribution in [3.05, 3.63) is 83.6 Å². The van der Waals surface area contributed by atoms with E-state index in [1.54, 1.807) is 0 Å². The van der Waals surface area contributed by atoms with Crippen molar-refractivity contribution in [3.8, 4) is 17.3 Å². The Morgan fingerprint density at radius 2 is 1.69 bits per heavy atom. The van der Waals surface area contributed by atoms with Gasteiger partial charge in [-0.05, 0) is 82.3 Å². The number of nitriles is 1. The van der Waals surface area contributed by atoms with Crippen LogP contribution in [0.3, 0.4) is 0 Å². The Morgan fingerprint density at radius 1 is 1.00 bits per heavy atom. The first-order chi connectivity index (χ1) is 20.0. The molecular formula is C34H38F3N5. The molecule has 42 heavy (non-hydrogen) atoms. The number of anilines is 1. The molecule has 220 valence electrons. The highest BCUT2D eigenvalue weighted by Gasteiger charge is 2.49. The number of aryl methyl sites for hydroxylation is 1. The third-order valence-corrected chi connectivity index (χ3v) is 8.92. The smallest absolute Gasteiger partial charge is 0.369 e. The van der Waals surface area contributed by atoms with Crippen LogP contribution >= 0.6 is 0 Å². The van der Waals surface area contributed by atoms with Gasteiger partial charge in [-0.1, -0.05) is 54.6 Å². The topological polar surface area (TPSA) is 48.1 Å². The molecule has 5 nitrogen and oxygen atoms in total. The fourth-order valence-electron chi connectivity index (χ4n) is 5.58. The van der Waals surface area contributed by atoms with Crippen LogP contribution in [0.2, 0.25) is 0 Å². The highest BCUT2D eigenvalue weighted by atomic mass is 19.4. The summed E-state index contributed by atoms with van der Waals surface area (Å²) in [5, 5.41) is 11.2. The lowest BCUT2D eigenvalue weighted by Crippen LogP contribution is -2.53. The van der Waals surface area contributed by atoms with Gasteiger partial charge in [0.05, 0.1) is 23.1 Å². The maximum absolute atomic E-state index is 13.4. The van der Waals surface area contributed by atoms with Crippen LogP contribution in [0.4, 0.5) is 18.9 Å². The van der Waals surface area contributed by atoms with E-state index in [0.717, 1.165) is 59.3 Å². The van der Waals surface area contributed by atoms with E-state index in [-0.39, 0.29) is 0 Å². The molecule has 2 heterocycles. The van der Waals surface area contributed by atoms with Gasteiger partial charge in [-0.15, -0.1) is 0 Å². The van der Waals surface area contributed by atoms with E-state index in [4.69, 9.17) is 4.98 Å². The number of rotatable bonds is 10. The Hall–Kier alpha value is -3.83. The largest absolute Gasteiger partial charge is 0.406 e. The molecule has 0 bridgehead atoms. The summed E-state index contributed by atoms with van der Waals surface area (Å²) in [6, 6.07) is 23.3. The van der Waals surface area contributed by atoms with Crippen molar-refractivity contribution in [2.45, 2.75) is 70.3 Å². The van der Waals surface area contributed by atoms with Gasteiger partial charge in [0, 0.05) is 25.0 Å². The van der Waals surface area contributed by atoms with E-state index in [9.17, 15) is 18.4 Å². The molecule has 5 rings (SSSR count). The third-order valence-electron chi connectivity index (χ3n) is 8.92. The first-order valence-corrected chi connectivity index (χ1v) is 14.6. The Bertz CT molecular complexity index is 1560. The molecule has 0 atom stereocenters. The summed E-state index contributed by atoms with van der Waals surface area (Å²) in [6.45, 7) is 3.51. The van der Waals surface area contributed by atoms with E-state index in [0.29, 0.717) is 31.0 Å². The van der Waals surface area contributed by atoms with Crippen molar-refractivity contribution < 1.29 is 13.2 Å². The first-order valence-electron chi connectivity index (χ1n) is 14.6. The number of alkyl halides is 3. The van der Waals surface area contributed by atoms with E-state index in [1.807, 2.05) is 55.7 Å². The molecule has 8 heteroatoms. The quantitative estimate of drug-likeness (QED) is 0.192. The van der Waals surface area contributed by atoms with Gasteiger partial charge >= 0.3 is 6.18 Å². The van der Waals surface area contributed by atoms with Gasteiger partial charge in [0.2, 0.25) is 0 Å². The number of aromatic nitrogens is 2. The summed E-state index contributed by atoms with van der Waals surface area (Å²) in [4.78, 5) is 8.41. The second-order valence-corrected chi connectivity index (χ2v) is 12.0. The molecule has 4 aromatic rings. The van der Waals surface area contributed by atoms with Gasteiger partial charge in [0.25, 0.3) is 0 Å². The second-order valence-electron chi connectivity index (χ2n) is 12.0. The Morgan fingerprint density at radius 3 is 2.29 bits per heavy atom. The highest BCUT2D eigenvalue weighted by Crippen LogP contribution is 2.42. The zero-order valence-electron chi connectivity index (χ0n) is 24.7. The molecule has 0 radical (unpaired) electrons. The number of halogens is 3. The summed E-state index contributed by atoms with van der Waals surface area (Å²) in [6.07, 6.45) is 2.16. The average Bonchev–Trinajstić information content (AvgIpc) is 3.25. The van der Waals surface area contributed by atoms with Crippen molar-refractivity contribution in [3.63, 3.8) is 0 Å². The molecule has 2 aromatic carbocycles. The predicted octanol–water partition coefficient (Wildman–Crippen LogP) is 8.14. The van der Waals surface area contributed by atoms with Crippen molar-refractivity contribution >= 4 is 16.7 Å². The molecule has 1 aliphatic carbocycles. The van der Waals surface area contributed by atoms with Gasteiger partial charge < -0.3 is 9.47 Å². The van der Waals surface area contributed by atoms with Crippen molar-refractivity contribution in [2.75, 3.05) is 25.5 Å². The van der Waals surface area contributed by atoms with E-state index >= 15 is 0 Å². The Labute approximate surface area is 246 Å². The lowest BCUT2D eigenvalue weighted by Gasteiger charge is -2.37. The zero-order chi connectivity index (χ0) is 30.1. The van der Waals surface area contributed by atoms with Crippen LogP contribution in [-0.4, -0.2) is 46.8 Å². The second kappa shape index (κ2) is 11.8. The highest BCUT2D eigenvalue weighted by molar-refractivity contribution is 5.94. The minimum atomic E-state index is -4.28. The molecule has 0 amide bonds. The minimum Gasteiger partial charge on any atom is -0.369 e. The van der Waals surface area contributed by atoms with Gasteiger partial charge in [-0.25, -0.2) is 4.98 Å². The summed E-state index contributed by atoms with van der Waals surface area (Å²) in [7, 11) is 3.56. The molecular weight excluding hydrogens is 535 g/mol. The van der Waals surface area contributed by atoms with Crippen LogP contribution in [0.25, 0.3) is 22.3 Å². The number of nitrogens with zero attached hydrogens (tertiary/aromatic N) is 5. The lowest BCUT2D eigenvalue weighted by molar-refractivity contribution is -0.216. The maximum Gasteiger partial charge on any atom is 0.406 e. The van der Waals surface area contributed by atoms with Crippen molar-refractivity contribution in [1.29, 1.82) is 5.26 Å². The monoisotopic (exact) mass is 573 g/mol. The van der Waals surface area contributed by atoms with Crippen LogP contribution in [0.5, 0.6) is 0 Å². The van der Waals surface area contributed by atoms with Crippen LogP contribution < -0.4 is 4.90 Å². The third kappa shape index (κ3) is 5.76. The summed E-state index contributed by atoms with van der Waals surface area (Å²) in [5.41, 5.74) is 4.65. The summed E-state index contributed by atoms with van der Waals surface area (Å²) >= 11 is 0. The summed E-state index contributed by atoms with van der Waals surface area (Å²) < 4.78 is 42.4. The fraction of sp³-hybridized carbons (Fsp3) is 0.412. The first kappa shape index (κ1) is 29.7. The Balaban J connectivity index is 1.41. The molecule has 1 aliphatic rings. The number of pyridine rings is 1. The van der Waals surface area contributed by atoms with Crippen molar-refractivity contribution in [2.24, 2.45) is 0 Å². The number of hydrogen-bond acceptors (Lipinski definition) is 4. The normalized spacial score (nSPS) is 14.3. The lowest BCUT2D eigenvalue weighted by atomic mass is 9.92. The van der Waals surface area contributed by atoms with Crippen LogP contribution in [0.1, 0.15) is 62.3 Å². The summed E-state index contributed by atoms with van der Waals surface area (Å²) in [5.74, 6) is 0. The SMILES string of the molecule is CN(Cc1ccccc1)c1cnc2c(c1)c(C#N)c(-c1ccc(CCCN(C)C(C)(C)C(F)(F)F)cc1)n2C1CCC1. The predicted molar refractivity (Wildman–Crippen MR) is 162 cm³/mol. The fourth-order valence-corrected chi connectivity index (χ4v) is 5.58. The van der Waals surface area contributed by atoms with E-state index < -0.39 is 11.7 Å². The molecule has 0 unspecified atom stereocenters. The molecule has 2 aromatic heterocycles. The van der Waals surface area contributed by atoms with Crippen LogP contribution in [-0.2, 0) is 13.0 Å². The Kier molecular flexibility index (Phi) is 8.34. The van der Waals surface area contributed by atoms with Gasteiger partial charge in [0.1, 0.15) is 17.3 Å². The molecule has 0 N–H and O–H groups in total. The van der Waals surface area contributed by atoms with Crippen LogP contribution in [0, 0.1) is 11.3 Å². The standard InChI is InChI=1S/C34H38F3N5/c1-33(2,34(35,36)37)41(4)19-9-12-24-15-17-26(18-16-24)31-30(21-38)29-20-28(40(3)23-25-10-6-5-7-11-25)22-39-32(29)42(31)27-13-8-14-27/h5-7,10-11,15-18,20,22,27H,8-9,12-14,19,23H2,1-4H3. The van der Waals surface area contributed by atoms with Gasteiger partial charge in [-0.2, -0.15) is 18.4 Å². The van der Waals surface area contributed by atoms with Crippen LogP contribution in [0.15, 0.2) is 66.9 Å². The van der Waals surface area contributed by atoms with E-state index in [2.05, 4.69) is 33.7 Å². The van der Waals surface area contributed by atoms with Crippen molar-refractivity contribution in [1.82, 2.24) is 14.5 Å². The zero-order valence-corrected chi connectivity index (χ0v) is 24.7. The van der Waals surface area contributed by atoms with E-state index in [1.165, 1.54) is 31.4 Å². The average molecular weight is 574 g/mol.